The fourth-order valence-corrected chi connectivity index (χ4v) is 2.94. The van der Waals surface area contributed by atoms with Crippen LogP contribution >= 0.6 is 46.9 Å². The Morgan fingerprint density at radius 1 is 1.28 bits per heavy atom. The number of nitrogens with zero attached hydrogens (tertiary/aromatic N) is 2. The Balaban J connectivity index is 0.00000312. The smallest absolute Gasteiger partial charge is 0.191 e. The second-order valence-electron chi connectivity index (χ2n) is 5.48. The van der Waals surface area contributed by atoms with Crippen LogP contribution in [0.15, 0.2) is 34.6 Å². The summed E-state index contributed by atoms with van der Waals surface area (Å²) in [5.41, 5.74) is 1.14. The molecule has 0 saturated carbocycles. The van der Waals surface area contributed by atoms with Gasteiger partial charge in [0.05, 0.1) is 18.8 Å². The van der Waals surface area contributed by atoms with Crippen LogP contribution in [-0.4, -0.2) is 31.1 Å². The zero-order valence-corrected chi connectivity index (χ0v) is 18.5. The molecule has 0 bridgehead atoms. The number of aromatic nitrogens is 1. The Morgan fingerprint density at radius 3 is 2.60 bits per heavy atom. The Bertz CT molecular complexity index is 661. The summed E-state index contributed by atoms with van der Waals surface area (Å²) >= 11 is 7.51. The SMILES string of the molecule is CN=C(NCCOc1ccc(Cl)cc1)NCc1nc(C(C)C)cs1.I. The van der Waals surface area contributed by atoms with Gasteiger partial charge in [-0.1, -0.05) is 25.4 Å². The predicted molar refractivity (Wildman–Crippen MR) is 117 cm³/mol. The largest absolute Gasteiger partial charge is 0.492 e. The Kier molecular flexibility index (Phi) is 10.1. The molecule has 5 nitrogen and oxygen atoms in total. The van der Waals surface area contributed by atoms with Crippen molar-refractivity contribution < 1.29 is 4.74 Å². The van der Waals surface area contributed by atoms with Crippen LogP contribution < -0.4 is 15.4 Å². The van der Waals surface area contributed by atoms with Crippen LogP contribution in [0.3, 0.4) is 0 Å². The zero-order valence-electron chi connectivity index (χ0n) is 14.6. The highest BCUT2D eigenvalue weighted by atomic mass is 127. The highest BCUT2D eigenvalue weighted by Gasteiger charge is 2.06. The number of thiazole rings is 1. The predicted octanol–water partition coefficient (Wildman–Crippen LogP) is 4.28. The minimum atomic E-state index is 0. The van der Waals surface area contributed by atoms with Gasteiger partial charge >= 0.3 is 0 Å². The lowest BCUT2D eigenvalue weighted by molar-refractivity contribution is 0.322. The summed E-state index contributed by atoms with van der Waals surface area (Å²) < 4.78 is 5.63. The quantitative estimate of drug-likeness (QED) is 0.261. The van der Waals surface area contributed by atoms with Crippen LogP contribution in [0.4, 0.5) is 0 Å². The van der Waals surface area contributed by atoms with Gasteiger partial charge < -0.3 is 15.4 Å². The summed E-state index contributed by atoms with van der Waals surface area (Å²) in [6.45, 7) is 6.14. The van der Waals surface area contributed by atoms with Crippen molar-refractivity contribution in [3.05, 3.63) is 45.4 Å². The lowest BCUT2D eigenvalue weighted by Gasteiger charge is -2.11. The maximum Gasteiger partial charge on any atom is 0.191 e. The minimum absolute atomic E-state index is 0. The van der Waals surface area contributed by atoms with Gasteiger partial charge in [-0.2, -0.15) is 0 Å². The molecule has 1 aromatic carbocycles. The summed E-state index contributed by atoms with van der Waals surface area (Å²) in [6.07, 6.45) is 0. The first kappa shape index (κ1) is 22.0. The second-order valence-corrected chi connectivity index (χ2v) is 6.85. The van der Waals surface area contributed by atoms with E-state index in [4.69, 9.17) is 16.3 Å². The third kappa shape index (κ3) is 7.79. The number of benzene rings is 1. The standard InChI is InChI=1S/C17H23ClN4OS.HI/c1-12(2)15-11-24-16(22-15)10-21-17(19-3)20-8-9-23-14-6-4-13(18)5-7-14;/h4-7,11-12H,8-10H2,1-3H3,(H2,19,20,21);1H. The molecule has 0 aliphatic carbocycles. The van der Waals surface area contributed by atoms with E-state index in [1.807, 2.05) is 24.3 Å². The van der Waals surface area contributed by atoms with E-state index in [2.05, 4.69) is 39.8 Å². The number of hydrogen-bond acceptors (Lipinski definition) is 4. The van der Waals surface area contributed by atoms with Crippen LogP contribution in [0.2, 0.25) is 5.02 Å². The van der Waals surface area contributed by atoms with Crippen molar-refractivity contribution in [2.24, 2.45) is 4.99 Å². The summed E-state index contributed by atoms with van der Waals surface area (Å²) in [5.74, 6) is 1.99. The van der Waals surface area contributed by atoms with E-state index < -0.39 is 0 Å². The molecule has 0 spiro atoms. The topological polar surface area (TPSA) is 58.5 Å². The molecular formula is C17H24ClIN4OS. The van der Waals surface area contributed by atoms with Gasteiger partial charge in [0.25, 0.3) is 0 Å². The molecule has 0 radical (unpaired) electrons. The lowest BCUT2D eigenvalue weighted by atomic mass is 10.2. The molecular weight excluding hydrogens is 471 g/mol. The summed E-state index contributed by atoms with van der Waals surface area (Å²) in [6, 6.07) is 7.32. The van der Waals surface area contributed by atoms with Gasteiger partial charge in [-0.15, -0.1) is 35.3 Å². The van der Waals surface area contributed by atoms with E-state index in [9.17, 15) is 0 Å². The van der Waals surface area contributed by atoms with E-state index in [1.54, 1.807) is 18.4 Å². The van der Waals surface area contributed by atoms with Crippen LogP contribution in [-0.2, 0) is 6.54 Å². The molecule has 138 valence electrons. The van der Waals surface area contributed by atoms with Gasteiger partial charge in [0, 0.05) is 17.5 Å². The van der Waals surface area contributed by atoms with Gasteiger partial charge in [-0.05, 0) is 30.2 Å². The number of hydrogen-bond donors (Lipinski definition) is 2. The maximum atomic E-state index is 5.84. The van der Waals surface area contributed by atoms with Crippen LogP contribution in [0.1, 0.15) is 30.5 Å². The molecule has 0 atom stereocenters. The molecule has 25 heavy (non-hydrogen) atoms. The summed E-state index contributed by atoms with van der Waals surface area (Å²) in [4.78, 5) is 8.80. The first-order chi connectivity index (χ1) is 11.6. The number of ether oxygens (including phenoxy) is 1. The molecule has 0 amide bonds. The first-order valence-electron chi connectivity index (χ1n) is 7.85. The fourth-order valence-electron chi connectivity index (χ4n) is 1.92. The number of aliphatic imine (C=N–C) groups is 1. The van der Waals surface area contributed by atoms with Crippen molar-refractivity contribution in [2.75, 3.05) is 20.2 Å². The molecule has 2 N–H and O–H groups in total. The molecule has 2 rings (SSSR count). The Morgan fingerprint density at radius 2 is 2.00 bits per heavy atom. The summed E-state index contributed by atoms with van der Waals surface area (Å²) in [7, 11) is 1.75. The fraction of sp³-hybridized carbons (Fsp3) is 0.412. The maximum absolute atomic E-state index is 5.84. The van der Waals surface area contributed by atoms with Crippen LogP contribution in [0, 0.1) is 0 Å². The lowest BCUT2D eigenvalue weighted by Crippen LogP contribution is -2.38. The summed E-state index contributed by atoms with van der Waals surface area (Å²) in [5, 5.41) is 10.3. The molecule has 0 saturated heterocycles. The third-order valence-corrected chi connectivity index (χ3v) is 4.39. The minimum Gasteiger partial charge on any atom is -0.492 e. The van der Waals surface area contributed by atoms with Gasteiger partial charge in [0.1, 0.15) is 17.4 Å². The number of halogens is 2. The van der Waals surface area contributed by atoms with E-state index in [0.717, 1.165) is 22.4 Å². The Labute approximate surface area is 175 Å². The number of guanidine groups is 1. The monoisotopic (exact) mass is 494 g/mol. The van der Waals surface area contributed by atoms with Gasteiger partial charge in [0.2, 0.25) is 0 Å². The van der Waals surface area contributed by atoms with Crippen LogP contribution in [0.5, 0.6) is 5.75 Å². The van der Waals surface area contributed by atoms with Gasteiger partial charge in [-0.3, -0.25) is 4.99 Å². The molecule has 8 heteroatoms. The molecule has 1 aromatic heterocycles. The number of nitrogens with one attached hydrogen (secondary N) is 2. The van der Waals surface area contributed by atoms with Gasteiger partial charge in [0.15, 0.2) is 5.96 Å². The van der Waals surface area contributed by atoms with Crippen molar-refractivity contribution in [1.29, 1.82) is 0 Å². The first-order valence-corrected chi connectivity index (χ1v) is 9.11. The van der Waals surface area contributed by atoms with Crippen molar-refractivity contribution >= 4 is 52.9 Å². The number of rotatable bonds is 7. The van der Waals surface area contributed by atoms with E-state index in [-0.39, 0.29) is 24.0 Å². The highest BCUT2D eigenvalue weighted by molar-refractivity contribution is 14.0. The molecule has 0 unspecified atom stereocenters. The molecule has 0 aliphatic rings. The van der Waals surface area contributed by atoms with Crippen molar-refractivity contribution in [3.8, 4) is 5.75 Å². The molecule has 0 fully saturated rings. The van der Waals surface area contributed by atoms with E-state index >= 15 is 0 Å². The second kappa shape index (κ2) is 11.5. The van der Waals surface area contributed by atoms with E-state index in [1.165, 1.54) is 0 Å². The Hall–Kier alpha value is -1.06. The highest BCUT2D eigenvalue weighted by Crippen LogP contribution is 2.17. The molecule has 0 aliphatic heterocycles. The zero-order chi connectivity index (χ0) is 17.4. The van der Waals surface area contributed by atoms with Crippen molar-refractivity contribution in [3.63, 3.8) is 0 Å². The van der Waals surface area contributed by atoms with E-state index in [0.29, 0.717) is 30.6 Å². The normalized spacial score (nSPS) is 11.2. The van der Waals surface area contributed by atoms with Gasteiger partial charge in [-0.25, -0.2) is 4.98 Å². The van der Waals surface area contributed by atoms with Crippen molar-refractivity contribution in [1.82, 2.24) is 15.6 Å². The molecule has 2 aromatic rings. The average Bonchev–Trinajstić information content (AvgIpc) is 3.05. The van der Waals surface area contributed by atoms with Crippen LogP contribution in [0.25, 0.3) is 0 Å². The molecule has 1 heterocycles. The average molecular weight is 495 g/mol. The van der Waals surface area contributed by atoms with Crippen molar-refractivity contribution in [2.45, 2.75) is 26.3 Å². The third-order valence-electron chi connectivity index (χ3n) is 3.27.